The van der Waals surface area contributed by atoms with Crippen LogP contribution in [-0.2, 0) is 11.2 Å². The molecule has 0 aliphatic rings. The average Bonchev–Trinajstić information content (AvgIpc) is 3.27. The van der Waals surface area contributed by atoms with Crippen molar-refractivity contribution in [3.05, 3.63) is 54.4 Å². The lowest BCUT2D eigenvalue weighted by molar-refractivity contribution is -0.113. The normalized spacial score (nSPS) is 10.9. The summed E-state index contributed by atoms with van der Waals surface area (Å²) in [7, 11) is 0. The van der Waals surface area contributed by atoms with Crippen molar-refractivity contribution >= 4 is 81.1 Å². The van der Waals surface area contributed by atoms with Gasteiger partial charge in [-0.3, -0.25) is 9.89 Å². The summed E-state index contributed by atoms with van der Waals surface area (Å²) in [6, 6.07) is 5.42. The predicted octanol–water partition coefficient (Wildman–Crippen LogP) is 5.80. The number of thiophene rings is 1. The molecule has 0 saturated heterocycles. The third-order valence-electron chi connectivity index (χ3n) is 3.14. The maximum atomic E-state index is 12.2. The molecule has 1 aromatic carbocycles. The van der Waals surface area contributed by atoms with E-state index in [1.165, 1.54) is 22.7 Å². The van der Waals surface area contributed by atoms with Crippen LogP contribution in [0.5, 0.6) is 0 Å². The summed E-state index contributed by atoms with van der Waals surface area (Å²) in [6.45, 7) is 0. The van der Waals surface area contributed by atoms with Gasteiger partial charge in [0.05, 0.1) is 31.5 Å². The number of halogens is 4. The van der Waals surface area contributed by atoms with Crippen molar-refractivity contribution in [2.75, 3.05) is 11.1 Å². The van der Waals surface area contributed by atoms with E-state index in [9.17, 15) is 4.79 Å². The minimum atomic E-state index is -0.332. The number of amides is 1. The number of anilines is 1. The second-order valence-electron chi connectivity index (χ2n) is 5.00. The van der Waals surface area contributed by atoms with E-state index >= 15 is 0 Å². The van der Waals surface area contributed by atoms with Crippen molar-refractivity contribution in [3.8, 4) is 0 Å². The highest BCUT2D eigenvalue weighted by Crippen LogP contribution is 2.41. The fourth-order valence-electron chi connectivity index (χ4n) is 1.99. The second kappa shape index (κ2) is 8.82. The van der Waals surface area contributed by atoms with Crippen LogP contribution < -0.4 is 5.32 Å². The first-order chi connectivity index (χ1) is 12.4. The number of aromatic amines is 1. The van der Waals surface area contributed by atoms with Gasteiger partial charge in [-0.2, -0.15) is 0 Å². The molecule has 3 rings (SSSR count). The van der Waals surface area contributed by atoms with E-state index in [1.807, 2.05) is 17.5 Å². The van der Waals surface area contributed by atoms with E-state index in [0.29, 0.717) is 11.6 Å². The van der Waals surface area contributed by atoms with E-state index in [-0.39, 0.29) is 37.4 Å². The Morgan fingerprint density at radius 2 is 1.96 bits per heavy atom. The summed E-state index contributed by atoms with van der Waals surface area (Å²) in [5.41, 5.74) is 0.185. The molecule has 2 aromatic heterocycles. The lowest BCUT2D eigenvalue weighted by Gasteiger charge is -2.11. The first kappa shape index (κ1) is 19.8. The van der Waals surface area contributed by atoms with E-state index in [1.54, 1.807) is 11.3 Å². The Bertz CT molecular complexity index is 904. The standard InChI is InChI=1S/C15H10Cl4N4OS2/c16-8-5-9(17)13(19)14(12(8)18)21-11(24)6-26-15-20-10(22-23-15)4-7-2-1-3-25-7/h1-3,5H,4,6H2,(H,21,24)(H,20,22,23). The minimum absolute atomic E-state index is 0.0765. The summed E-state index contributed by atoms with van der Waals surface area (Å²) < 4.78 is 0. The summed E-state index contributed by atoms with van der Waals surface area (Å²) in [4.78, 5) is 17.7. The zero-order valence-corrected chi connectivity index (χ0v) is 17.5. The van der Waals surface area contributed by atoms with Gasteiger partial charge in [0, 0.05) is 11.3 Å². The van der Waals surface area contributed by atoms with Gasteiger partial charge in [0.1, 0.15) is 5.82 Å². The Morgan fingerprint density at radius 3 is 2.62 bits per heavy atom. The third kappa shape index (κ3) is 4.85. The topological polar surface area (TPSA) is 70.7 Å². The number of H-pyrrole nitrogens is 1. The highest BCUT2D eigenvalue weighted by atomic mass is 35.5. The number of aromatic nitrogens is 3. The van der Waals surface area contributed by atoms with Gasteiger partial charge in [-0.15, -0.1) is 16.4 Å². The van der Waals surface area contributed by atoms with Crippen molar-refractivity contribution in [1.29, 1.82) is 0 Å². The van der Waals surface area contributed by atoms with Gasteiger partial charge in [0.25, 0.3) is 0 Å². The number of nitrogens with one attached hydrogen (secondary N) is 2. The van der Waals surface area contributed by atoms with Crippen LogP contribution in [0, 0.1) is 0 Å². The van der Waals surface area contributed by atoms with Crippen LogP contribution in [0.2, 0.25) is 20.1 Å². The van der Waals surface area contributed by atoms with Crippen LogP contribution in [0.4, 0.5) is 5.69 Å². The fraction of sp³-hybridized carbons (Fsp3) is 0.133. The molecule has 0 aliphatic carbocycles. The molecule has 0 bridgehead atoms. The van der Waals surface area contributed by atoms with E-state index in [4.69, 9.17) is 46.4 Å². The van der Waals surface area contributed by atoms with Crippen LogP contribution in [0.1, 0.15) is 10.7 Å². The van der Waals surface area contributed by atoms with Gasteiger partial charge in [-0.25, -0.2) is 4.98 Å². The molecule has 1 amide bonds. The molecule has 136 valence electrons. The van der Waals surface area contributed by atoms with Crippen LogP contribution in [0.3, 0.4) is 0 Å². The number of hydrogen-bond donors (Lipinski definition) is 2. The summed E-state index contributed by atoms with van der Waals surface area (Å²) in [5, 5.41) is 12.7. The number of thioether (sulfide) groups is 1. The number of benzene rings is 1. The van der Waals surface area contributed by atoms with Gasteiger partial charge in [-0.1, -0.05) is 64.2 Å². The van der Waals surface area contributed by atoms with Gasteiger partial charge < -0.3 is 5.32 Å². The van der Waals surface area contributed by atoms with E-state index in [0.717, 1.165) is 5.82 Å². The monoisotopic (exact) mass is 466 g/mol. The average molecular weight is 468 g/mol. The third-order valence-corrected chi connectivity index (χ3v) is 6.44. The lowest BCUT2D eigenvalue weighted by Crippen LogP contribution is -2.15. The molecule has 2 heterocycles. The molecule has 3 aromatic rings. The molecule has 0 spiro atoms. The van der Waals surface area contributed by atoms with Crippen molar-refractivity contribution in [3.63, 3.8) is 0 Å². The molecule has 5 nitrogen and oxygen atoms in total. The van der Waals surface area contributed by atoms with Crippen molar-refractivity contribution in [1.82, 2.24) is 15.2 Å². The van der Waals surface area contributed by atoms with Crippen molar-refractivity contribution in [2.24, 2.45) is 0 Å². The first-order valence-corrected chi connectivity index (χ1v) is 10.5. The molecule has 0 atom stereocenters. The Kier molecular flexibility index (Phi) is 6.71. The van der Waals surface area contributed by atoms with Crippen LogP contribution in [0.15, 0.2) is 28.7 Å². The Balaban J connectivity index is 1.59. The Hall–Kier alpha value is -0.960. The largest absolute Gasteiger partial charge is 0.323 e. The Labute approximate surface area is 177 Å². The zero-order valence-electron chi connectivity index (χ0n) is 12.9. The van der Waals surface area contributed by atoms with Gasteiger partial charge in [0.15, 0.2) is 0 Å². The van der Waals surface area contributed by atoms with Gasteiger partial charge in [0.2, 0.25) is 11.1 Å². The predicted molar refractivity (Wildman–Crippen MR) is 109 cm³/mol. The minimum Gasteiger partial charge on any atom is -0.323 e. The second-order valence-corrected chi connectivity index (χ2v) is 8.55. The quantitative estimate of drug-likeness (QED) is 0.355. The molecular formula is C15H10Cl4N4OS2. The maximum absolute atomic E-state index is 12.2. The number of nitrogens with zero attached hydrogens (tertiary/aromatic N) is 2. The molecule has 11 heteroatoms. The molecule has 0 aliphatic heterocycles. The van der Waals surface area contributed by atoms with Crippen LogP contribution in [-0.4, -0.2) is 26.8 Å². The summed E-state index contributed by atoms with van der Waals surface area (Å²) >= 11 is 26.9. The highest BCUT2D eigenvalue weighted by molar-refractivity contribution is 7.99. The van der Waals surface area contributed by atoms with Gasteiger partial charge in [-0.05, 0) is 17.5 Å². The molecular weight excluding hydrogens is 458 g/mol. The van der Waals surface area contributed by atoms with Crippen LogP contribution >= 0.6 is 69.5 Å². The number of carbonyl (C=O) groups excluding carboxylic acids is 1. The Morgan fingerprint density at radius 1 is 1.23 bits per heavy atom. The van der Waals surface area contributed by atoms with Crippen LogP contribution in [0.25, 0.3) is 0 Å². The van der Waals surface area contributed by atoms with Crippen molar-refractivity contribution in [2.45, 2.75) is 11.6 Å². The van der Waals surface area contributed by atoms with Crippen molar-refractivity contribution < 1.29 is 4.79 Å². The molecule has 0 radical (unpaired) electrons. The molecule has 0 saturated carbocycles. The first-order valence-electron chi connectivity index (χ1n) is 7.13. The smallest absolute Gasteiger partial charge is 0.234 e. The SMILES string of the molecule is O=C(CSc1n[nH]c(Cc2cccs2)n1)Nc1c(Cl)c(Cl)cc(Cl)c1Cl. The van der Waals surface area contributed by atoms with E-state index < -0.39 is 0 Å². The summed E-state index contributed by atoms with van der Waals surface area (Å²) in [5.74, 6) is 0.484. The fourth-order valence-corrected chi connectivity index (χ4v) is 4.22. The number of carbonyl (C=O) groups is 1. The number of hydrogen-bond acceptors (Lipinski definition) is 5. The molecule has 2 N–H and O–H groups in total. The summed E-state index contributed by atoms with van der Waals surface area (Å²) in [6.07, 6.45) is 0.670. The van der Waals surface area contributed by atoms with Gasteiger partial charge >= 0.3 is 0 Å². The van der Waals surface area contributed by atoms with E-state index in [2.05, 4.69) is 20.5 Å². The lowest BCUT2D eigenvalue weighted by atomic mass is 10.3. The molecule has 26 heavy (non-hydrogen) atoms. The highest BCUT2D eigenvalue weighted by Gasteiger charge is 2.17. The molecule has 0 unspecified atom stereocenters. The zero-order chi connectivity index (χ0) is 18.7. The molecule has 0 fully saturated rings. The number of rotatable bonds is 6. The maximum Gasteiger partial charge on any atom is 0.234 e.